The summed E-state index contributed by atoms with van der Waals surface area (Å²) in [7, 11) is 0. The van der Waals surface area contributed by atoms with Gasteiger partial charge in [-0.15, -0.1) is 0 Å². The summed E-state index contributed by atoms with van der Waals surface area (Å²) in [5.74, 6) is -0.196. The van der Waals surface area contributed by atoms with E-state index in [1.54, 1.807) is 19.1 Å². The van der Waals surface area contributed by atoms with Crippen molar-refractivity contribution in [1.82, 2.24) is 0 Å². The zero-order chi connectivity index (χ0) is 15.0. The fourth-order valence-corrected chi connectivity index (χ4v) is 2.78. The van der Waals surface area contributed by atoms with Gasteiger partial charge in [0.05, 0.1) is 6.04 Å². The van der Waals surface area contributed by atoms with Gasteiger partial charge in [0.15, 0.2) is 0 Å². The quantitative estimate of drug-likeness (QED) is 0.860. The highest BCUT2D eigenvalue weighted by molar-refractivity contribution is 5.49. The number of nitrogens with two attached hydrogens (primary N) is 1. The fraction of sp³-hybridized carbons (Fsp3) is 0.333. The van der Waals surface area contributed by atoms with Gasteiger partial charge in [-0.2, -0.15) is 0 Å². The Morgan fingerprint density at radius 2 is 1.45 bits per heavy atom. The van der Waals surface area contributed by atoms with Crippen molar-refractivity contribution >= 4 is 0 Å². The topological polar surface area (TPSA) is 26.0 Å². The number of hydrogen-bond acceptors (Lipinski definition) is 1. The van der Waals surface area contributed by atoms with Crippen LogP contribution in [0.25, 0.3) is 0 Å². The molecule has 1 atom stereocenters. The SMILES string of the molecule is Cc1cc(C)c(C)c(C(N)c2cccc(C)c2F)c1C. The lowest BCUT2D eigenvalue weighted by Crippen LogP contribution is -2.18. The first-order chi connectivity index (χ1) is 9.34. The van der Waals surface area contributed by atoms with E-state index >= 15 is 0 Å². The monoisotopic (exact) mass is 271 g/mol. The third kappa shape index (κ3) is 2.36. The molecule has 0 saturated carbocycles. The molecule has 0 saturated heterocycles. The molecule has 0 aromatic heterocycles. The summed E-state index contributed by atoms with van der Waals surface area (Å²) in [6.07, 6.45) is 0. The second kappa shape index (κ2) is 5.37. The molecule has 0 amide bonds. The molecule has 20 heavy (non-hydrogen) atoms. The summed E-state index contributed by atoms with van der Waals surface area (Å²) in [6, 6.07) is 7.15. The van der Waals surface area contributed by atoms with Crippen LogP contribution in [0.5, 0.6) is 0 Å². The van der Waals surface area contributed by atoms with Gasteiger partial charge in [-0.25, -0.2) is 4.39 Å². The minimum absolute atomic E-state index is 0.196. The molecule has 0 fully saturated rings. The van der Waals surface area contributed by atoms with Crippen molar-refractivity contribution in [3.8, 4) is 0 Å². The van der Waals surface area contributed by atoms with Gasteiger partial charge in [0.2, 0.25) is 0 Å². The van der Waals surface area contributed by atoms with Gasteiger partial charge >= 0.3 is 0 Å². The summed E-state index contributed by atoms with van der Waals surface area (Å²) in [5, 5.41) is 0. The highest BCUT2D eigenvalue weighted by Gasteiger charge is 2.20. The minimum Gasteiger partial charge on any atom is -0.320 e. The first-order valence-corrected chi connectivity index (χ1v) is 6.92. The zero-order valence-electron chi connectivity index (χ0n) is 12.8. The number of hydrogen-bond donors (Lipinski definition) is 1. The first kappa shape index (κ1) is 14.7. The fourth-order valence-electron chi connectivity index (χ4n) is 2.78. The molecule has 0 radical (unpaired) electrons. The molecule has 2 N–H and O–H groups in total. The van der Waals surface area contributed by atoms with E-state index in [-0.39, 0.29) is 5.82 Å². The molecule has 106 valence electrons. The molecule has 2 heteroatoms. The van der Waals surface area contributed by atoms with E-state index in [1.807, 2.05) is 6.07 Å². The van der Waals surface area contributed by atoms with Gasteiger partial charge in [-0.3, -0.25) is 0 Å². The summed E-state index contributed by atoms with van der Waals surface area (Å²) in [6.45, 7) is 10.0. The maximum atomic E-state index is 14.3. The molecular weight excluding hydrogens is 249 g/mol. The van der Waals surface area contributed by atoms with Crippen LogP contribution in [0.4, 0.5) is 4.39 Å². The molecular formula is C18H22FN. The van der Waals surface area contributed by atoms with Gasteiger partial charge in [0.1, 0.15) is 5.82 Å². The van der Waals surface area contributed by atoms with E-state index in [0.717, 1.165) is 16.7 Å². The minimum atomic E-state index is -0.423. The van der Waals surface area contributed by atoms with E-state index in [9.17, 15) is 4.39 Å². The summed E-state index contributed by atoms with van der Waals surface area (Å²) < 4.78 is 14.3. The number of halogens is 1. The van der Waals surface area contributed by atoms with E-state index in [4.69, 9.17) is 5.73 Å². The Morgan fingerprint density at radius 1 is 0.900 bits per heavy atom. The van der Waals surface area contributed by atoms with Gasteiger partial charge in [0, 0.05) is 5.56 Å². The van der Waals surface area contributed by atoms with Crippen LogP contribution in [0, 0.1) is 40.4 Å². The lowest BCUT2D eigenvalue weighted by molar-refractivity contribution is 0.590. The van der Waals surface area contributed by atoms with Crippen LogP contribution in [0.15, 0.2) is 24.3 Å². The van der Waals surface area contributed by atoms with Crippen molar-refractivity contribution in [2.75, 3.05) is 0 Å². The van der Waals surface area contributed by atoms with Crippen molar-refractivity contribution in [2.45, 2.75) is 40.7 Å². The maximum Gasteiger partial charge on any atom is 0.131 e. The van der Waals surface area contributed by atoms with Gasteiger partial charge in [-0.1, -0.05) is 24.3 Å². The third-order valence-corrected chi connectivity index (χ3v) is 4.29. The Kier molecular flexibility index (Phi) is 3.96. The van der Waals surface area contributed by atoms with Crippen LogP contribution in [0.3, 0.4) is 0 Å². The molecule has 2 aromatic carbocycles. The van der Waals surface area contributed by atoms with Crippen LogP contribution in [0.1, 0.15) is 45.0 Å². The molecule has 0 heterocycles. The third-order valence-electron chi connectivity index (χ3n) is 4.29. The molecule has 0 aliphatic rings. The molecule has 0 bridgehead atoms. The van der Waals surface area contributed by atoms with Crippen LogP contribution in [-0.2, 0) is 0 Å². The number of benzene rings is 2. The van der Waals surface area contributed by atoms with E-state index in [2.05, 4.69) is 33.8 Å². The van der Waals surface area contributed by atoms with Gasteiger partial charge < -0.3 is 5.73 Å². The van der Waals surface area contributed by atoms with Crippen LogP contribution in [0.2, 0.25) is 0 Å². The predicted octanol–water partition coefficient (Wildman–Crippen LogP) is 4.42. The second-order valence-electron chi connectivity index (χ2n) is 5.63. The average Bonchev–Trinajstić information content (AvgIpc) is 2.40. The molecule has 2 aromatic rings. The van der Waals surface area contributed by atoms with Crippen LogP contribution in [-0.4, -0.2) is 0 Å². The van der Waals surface area contributed by atoms with Crippen molar-refractivity contribution in [3.63, 3.8) is 0 Å². The van der Waals surface area contributed by atoms with Gasteiger partial charge in [0.25, 0.3) is 0 Å². The lowest BCUT2D eigenvalue weighted by Gasteiger charge is -2.22. The van der Waals surface area contributed by atoms with Crippen molar-refractivity contribution in [2.24, 2.45) is 5.73 Å². The summed E-state index contributed by atoms with van der Waals surface area (Å²) >= 11 is 0. The van der Waals surface area contributed by atoms with Crippen LogP contribution < -0.4 is 5.73 Å². The summed E-state index contributed by atoms with van der Waals surface area (Å²) in [4.78, 5) is 0. The lowest BCUT2D eigenvalue weighted by atomic mass is 9.86. The van der Waals surface area contributed by atoms with Gasteiger partial charge in [-0.05, 0) is 68.0 Å². The highest BCUT2D eigenvalue weighted by Crippen LogP contribution is 2.31. The second-order valence-corrected chi connectivity index (χ2v) is 5.63. The first-order valence-electron chi connectivity index (χ1n) is 6.92. The Morgan fingerprint density at radius 3 is 2.00 bits per heavy atom. The standard InChI is InChI=1S/C18H22FN/c1-10-7-6-8-15(17(10)19)18(20)16-13(4)11(2)9-12(3)14(16)5/h6-9,18H,20H2,1-5H3. The average molecular weight is 271 g/mol. The molecule has 1 unspecified atom stereocenters. The molecule has 1 nitrogen and oxygen atoms in total. The Hall–Kier alpha value is -1.67. The Balaban J connectivity index is 2.65. The van der Waals surface area contributed by atoms with Crippen LogP contribution >= 0.6 is 0 Å². The van der Waals surface area contributed by atoms with Crippen molar-refractivity contribution < 1.29 is 4.39 Å². The predicted molar refractivity (Wildman–Crippen MR) is 82.6 cm³/mol. The Labute approximate surface area is 120 Å². The molecule has 2 rings (SSSR count). The number of aryl methyl sites for hydroxylation is 3. The van der Waals surface area contributed by atoms with E-state index < -0.39 is 6.04 Å². The molecule has 0 spiro atoms. The smallest absolute Gasteiger partial charge is 0.131 e. The van der Waals surface area contributed by atoms with Crippen molar-refractivity contribution in [3.05, 3.63) is 69.0 Å². The largest absolute Gasteiger partial charge is 0.320 e. The number of rotatable bonds is 2. The van der Waals surface area contributed by atoms with Crippen molar-refractivity contribution in [1.29, 1.82) is 0 Å². The molecule has 0 aliphatic carbocycles. The van der Waals surface area contributed by atoms with E-state index in [0.29, 0.717) is 11.1 Å². The maximum absolute atomic E-state index is 14.3. The Bertz CT molecular complexity index is 633. The van der Waals surface area contributed by atoms with E-state index in [1.165, 1.54) is 11.1 Å². The highest BCUT2D eigenvalue weighted by atomic mass is 19.1. The molecule has 0 aliphatic heterocycles. The zero-order valence-corrected chi connectivity index (χ0v) is 12.8. The summed E-state index contributed by atoms with van der Waals surface area (Å²) in [5.41, 5.74) is 13.4. The normalized spacial score (nSPS) is 12.6.